The topological polar surface area (TPSA) is 82.5 Å². The number of halogens is 3. The van der Waals surface area contributed by atoms with Gasteiger partial charge in [-0.3, -0.25) is 4.79 Å². The van der Waals surface area contributed by atoms with E-state index >= 15 is 0 Å². The van der Waals surface area contributed by atoms with E-state index in [2.05, 4.69) is 10.3 Å². The van der Waals surface area contributed by atoms with Crippen molar-refractivity contribution in [2.75, 3.05) is 11.9 Å². The Hall–Kier alpha value is -3.55. The molecule has 1 fully saturated rings. The smallest absolute Gasteiger partial charge is 0.306 e. The molecular weight excluding hydrogens is 433 g/mol. The Balaban J connectivity index is 1.66. The number of aromatic hydroxyl groups is 1. The molecule has 1 aromatic heterocycles. The van der Waals surface area contributed by atoms with E-state index < -0.39 is 23.4 Å². The summed E-state index contributed by atoms with van der Waals surface area (Å²) < 4.78 is 42.8. The second kappa shape index (κ2) is 9.52. The maximum atomic E-state index is 14.5. The highest BCUT2D eigenvalue weighted by molar-refractivity contribution is 5.76. The molecule has 3 aromatic rings. The second-order valence-corrected chi connectivity index (χ2v) is 8.32. The van der Waals surface area contributed by atoms with E-state index in [1.807, 2.05) is 0 Å². The Kier molecular flexibility index (Phi) is 6.53. The van der Waals surface area contributed by atoms with Crippen LogP contribution in [0.4, 0.5) is 19.0 Å². The molecule has 2 aromatic carbocycles. The van der Waals surface area contributed by atoms with E-state index in [1.54, 1.807) is 0 Å². The van der Waals surface area contributed by atoms with Crippen LogP contribution < -0.4 is 5.32 Å². The maximum absolute atomic E-state index is 14.5. The van der Waals surface area contributed by atoms with Crippen LogP contribution in [0.1, 0.15) is 25.7 Å². The van der Waals surface area contributed by atoms with E-state index in [1.165, 1.54) is 24.3 Å². The Bertz CT molecular complexity index is 1160. The van der Waals surface area contributed by atoms with Crippen LogP contribution in [-0.2, 0) is 4.79 Å². The summed E-state index contributed by atoms with van der Waals surface area (Å²) in [7, 11) is 0. The molecule has 0 radical (unpaired) electrons. The number of nitrogens with zero attached hydrogens (tertiary/aromatic N) is 1. The minimum Gasteiger partial charge on any atom is -0.507 e. The van der Waals surface area contributed by atoms with Crippen molar-refractivity contribution in [2.45, 2.75) is 25.7 Å². The van der Waals surface area contributed by atoms with Gasteiger partial charge in [0.1, 0.15) is 29.0 Å². The van der Waals surface area contributed by atoms with Gasteiger partial charge in [-0.05, 0) is 79.6 Å². The Labute approximate surface area is 188 Å². The number of phenols is 1. The number of carboxylic acids is 1. The van der Waals surface area contributed by atoms with E-state index in [9.17, 15) is 23.1 Å². The average molecular weight is 456 g/mol. The van der Waals surface area contributed by atoms with Crippen molar-refractivity contribution in [3.63, 3.8) is 0 Å². The first kappa shape index (κ1) is 22.6. The summed E-state index contributed by atoms with van der Waals surface area (Å²) in [4.78, 5) is 15.6. The number of carbonyl (C=O) groups is 1. The van der Waals surface area contributed by atoms with Crippen LogP contribution in [0.5, 0.6) is 5.75 Å². The molecule has 0 aliphatic heterocycles. The Morgan fingerprint density at radius 2 is 1.70 bits per heavy atom. The van der Waals surface area contributed by atoms with Gasteiger partial charge in [0, 0.05) is 12.1 Å². The highest BCUT2D eigenvalue weighted by Crippen LogP contribution is 2.35. The van der Waals surface area contributed by atoms with Gasteiger partial charge in [0.05, 0.1) is 17.2 Å². The first-order valence-corrected chi connectivity index (χ1v) is 10.7. The number of phenolic OH excluding ortho intramolecular Hbond substituents is 1. The van der Waals surface area contributed by atoms with Gasteiger partial charge in [0.2, 0.25) is 0 Å². The summed E-state index contributed by atoms with van der Waals surface area (Å²) in [5.74, 6) is -2.88. The minimum atomic E-state index is -0.776. The predicted molar refractivity (Wildman–Crippen MR) is 118 cm³/mol. The van der Waals surface area contributed by atoms with Gasteiger partial charge in [-0.25, -0.2) is 18.2 Å². The number of rotatable bonds is 6. The minimum absolute atomic E-state index is 0.0959. The van der Waals surface area contributed by atoms with Crippen molar-refractivity contribution in [3.8, 4) is 28.1 Å². The number of hydrogen-bond donors (Lipinski definition) is 3. The second-order valence-electron chi connectivity index (χ2n) is 8.32. The first-order chi connectivity index (χ1) is 15.8. The van der Waals surface area contributed by atoms with Crippen LogP contribution in [-0.4, -0.2) is 27.7 Å². The van der Waals surface area contributed by atoms with Crippen LogP contribution in [0, 0.1) is 29.3 Å². The molecule has 0 unspecified atom stereocenters. The number of anilines is 1. The standard InChI is InChI=1S/C25H23F3N2O3/c26-17-8-9-22(31)18(12-17)21-10-16(24-19(27)2-1-3-20(24)28)11-23(30-21)29-13-14-4-6-15(7-5-14)25(32)33/h1-3,8-12,14-15,31H,4-7,13H2,(H,29,30)(H,32,33)/t14-,15-. The van der Waals surface area contributed by atoms with Gasteiger partial charge in [-0.1, -0.05) is 6.07 Å². The summed E-state index contributed by atoms with van der Waals surface area (Å²) in [6.07, 6.45) is 2.67. The largest absolute Gasteiger partial charge is 0.507 e. The fraction of sp³-hybridized carbons (Fsp3) is 0.280. The molecular formula is C25H23F3N2O3. The van der Waals surface area contributed by atoms with Crippen molar-refractivity contribution in [1.29, 1.82) is 0 Å². The lowest BCUT2D eigenvalue weighted by Crippen LogP contribution is -2.25. The summed E-state index contributed by atoms with van der Waals surface area (Å²) in [6.45, 7) is 0.497. The third kappa shape index (κ3) is 5.10. The molecule has 1 heterocycles. The normalized spacial score (nSPS) is 18.2. The van der Waals surface area contributed by atoms with Crippen LogP contribution >= 0.6 is 0 Å². The van der Waals surface area contributed by atoms with Gasteiger partial charge in [0.15, 0.2) is 0 Å². The van der Waals surface area contributed by atoms with E-state index in [0.717, 1.165) is 37.1 Å². The van der Waals surface area contributed by atoms with E-state index in [-0.39, 0.29) is 40.0 Å². The molecule has 0 amide bonds. The quantitative estimate of drug-likeness (QED) is 0.434. The molecule has 1 aliphatic rings. The Morgan fingerprint density at radius 3 is 2.36 bits per heavy atom. The van der Waals surface area contributed by atoms with Crippen LogP contribution in [0.2, 0.25) is 0 Å². The highest BCUT2D eigenvalue weighted by atomic mass is 19.1. The Morgan fingerprint density at radius 1 is 1.00 bits per heavy atom. The summed E-state index contributed by atoms with van der Waals surface area (Å²) >= 11 is 0. The molecule has 4 rings (SSSR count). The maximum Gasteiger partial charge on any atom is 0.306 e. The number of hydrogen-bond acceptors (Lipinski definition) is 4. The number of aromatic nitrogens is 1. The van der Waals surface area contributed by atoms with Crippen LogP contribution in [0.25, 0.3) is 22.4 Å². The highest BCUT2D eigenvalue weighted by Gasteiger charge is 2.26. The van der Waals surface area contributed by atoms with Gasteiger partial charge in [-0.2, -0.15) is 0 Å². The molecule has 0 atom stereocenters. The van der Waals surface area contributed by atoms with Crippen LogP contribution in [0.3, 0.4) is 0 Å². The van der Waals surface area contributed by atoms with E-state index in [4.69, 9.17) is 5.11 Å². The van der Waals surface area contributed by atoms with Gasteiger partial charge < -0.3 is 15.5 Å². The molecule has 1 aliphatic carbocycles. The summed E-state index contributed by atoms with van der Waals surface area (Å²) in [5, 5.41) is 22.6. The molecule has 172 valence electrons. The third-order valence-corrected chi connectivity index (χ3v) is 6.08. The summed E-state index contributed by atoms with van der Waals surface area (Å²) in [6, 6.07) is 9.86. The first-order valence-electron chi connectivity index (χ1n) is 10.7. The number of nitrogens with one attached hydrogen (secondary N) is 1. The van der Waals surface area contributed by atoms with Gasteiger partial charge in [0.25, 0.3) is 0 Å². The molecule has 8 heteroatoms. The number of aliphatic carboxylic acids is 1. The molecule has 0 spiro atoms. The lowest BCUT2D eigenvalue weighted by molar-refractivity contribution is -0.143. The zero-order chi connectivity index (χ0) is 23.5. The molecule has 0 saturated heterocycles. The molecule has 0 bridgehead atoms. The van der Waals surface area contributed by atoms with Crippen molar-refractivity contribution in [3.05, 3.63) is 66.0 Å². The third-order valence-electron chi connectivity index (χ3n) is 6.08. The molecule has 3 N–H and O–H groups in total. The SMILES string of the molecule is O=C(O)[C@H]1CC[C@H](CNc2cc(-c3c(F)cccc3F)cc(-c3cc(F)ccc3O)n2)CC1. The fourth-order valence-electron chi connectivity index (χ4n) is 4.25. The van der Waals surface area contributed by atoms with Crippen molar-refractivity contribution in [2.24, 2.45) is 11.8 Å². The van der Waals surface area contributed by atoms with Crippen molar-refractivity contribution < 1.29 is 28.2 Å². The van der Waals surface area contributed by atoms with Gasteiger partial charge >= 0.3 is 5.97 Å². The average Bonchev–Trinajstić information content (AvgIpc) is 2.79. The lowest BCUT2D eigenvalue weighted by atomic mass is 9.82. The predicted octanol–water partition coefficient (Wildman–Crippen LogP) is 5.84. The van der Waals surface area contributed by atoms with Crippen molar-refractivity contribution in [1.82, 2.24) is 4.98 Å². The number of benzene rings is 2. The van der Waals surface area contributed by atoms with Crippen LogP contribution in [0.15, 0.2) is 48.5 Å². The zero-order valence-corrected chi connectivity index (χ0v) is 17.7. The molecule has 5 nitrogen and oxygen atoms in total. The lowest BCUT2D eigenvalue weighted by Gasteiger charge is -2.26. The molecule has 33 heavy (non-hydrogen) atoms. The molecule has 1 saturated carbocycles. The van der Waals surface area contributed by atoms with Gasteiger partial charge in [-0.15, -0.1) is 0 Å². The number of pyridine rings is 1. The summed E-state index contributed by atoms with van der Waals surface area (Å²) in [5.41, 5.74) is 0.196. The van der Waals surface area contributed by atoms with E-state index in [0.29, 0.717) is 25.2 Å². The van der Waals surface area contributed by atoms with Crippen molar-refractivity contribution >= 4 is 11.8 Å². The number of carboxylic acid groups (broad SMARTS) is 1. The monoisotopic (exact) mass is 456 g/mol. The zero-order valence-electron chi connectivity index (χ0n) is 17.7. The fourth-order valence-corrected chi connectivity index (χ4v) is 4.25.